The first kappa shape index (κ1) is 19.9. The predicted molar refractivity (Wildman–Crippen MR) is 123 cm³/mol. The summed E-state index contributed by atoms with van der Waals surface area (Å²) < 4.78 is 0. The molecule has 3 aromatic rings. The number of rotatable bonds is 2. The topological polar surface area (TPSA) is 49.4 Å². The molecule has 1 aliphatic heterocycles. The fourth-order valence-electron chi connectivity index (χ4n) is 3.75. The average molecular weight is 417 g/mol. The number of fused-ring (bicyclic) bond motifs is 2. The van der Waals surface area contributed by atoms with Gasteiger partial charge in [-0.2, -0.15) is 0 Å². The fraction of sp³-hybridized carbons (Fsp3) is 0.120. The predicted octanol–water partition coefficient (Wildman–Crippen LogP) is 5.40. The number of anilines is 1. The number of nitrogens with one attached hydrogen (secondary N) is 1. The second-order valence-corrected chi connectivity index (χ2v) is 7.62. The molecule has 0 saturated heterocycles. The Morgan fingerprint density at radius 3 is 2.47 bits per heavy atom. The van der Waals surface area contributed by atoms with Gasteiger partial charge in [0.25, 0.3) is 5.91 Å². The first-order valence-corrected chi connectivity index (χ1v) is 10.1. The molecule has 0 spiro atoms. The van der Waals surface area contributed by atoms with E-state index >= 15 is 0 Å². The van der Waals surface area contributed by atoms with Crippen molar-refractivity contribution in [2.24, 2.45) is 0 Å². The maximum absolute atomic E-state index is 12.5. The molecule has 0 aromatic heterocycles. The smallest absolute Gasteiger partial charge is 0.251 e. The van der Waals surface area contributed by atoms with E-state index in [4.69, 9.17) is 11.6 Å². The quantitative estimate of drug-likeness (QED) is 0.607. The zero-order chi connectivity index (χ0) is 21.3. The van der Waals surface area contributed by atoms with Crippen LogP contribution in [0.2, 0.25) is 5.02 Å². The van der Waals surface area contributed by atoms with E-state index in [-0.39, 0.29) is 11.8 Å². The van der Waals surface area contributed by atoms with E-state index in [0.717, 1.165) is 33.5 Å². The number of carbonyl (C=O) groups excluding carboxylic acids is 2. The number of halogens is 1. The molecule has 30 heavy (non-hydrogen) atoms. The highest BCUT2D eigenvalue weighted by atomic mass is 35.5. The van der Waals surface area contributed by atoms with Crippen LogP contribution in [0.1, 0.15) is 34.0 Å². The van der Waals surface area contributed by atoms with Gasteiger partial charge in [0.2, 0.25) is 5.91 Å². The van der Waals surface area contributed by atoms with Crippen molar-refractivity contribution in [3.05, 3.63) is 87.9 Å². The van der Waals surface area contributed by atoms with Crippen molar-refractivity contribution in [2.75, 3.05) is 11.9 Å². The first-order valence-electron chi connectivity index (χ1n) is 9.68. The Morgan fingerprint density at radius 1 is 0.967 bits per heavy atom. The molecule has 0 fully saturated rings. The molecule has 0 saturated carbocycles. The summed E-state index contributed by atoms with van der Waals surface area (Å²) in [6, 6.07) is 19.2. The van der Waals surface area contributed by atoms with Crippen LogP contribution in [0, 0.1) is 0 Å². The molecule has 1 aliphatic rings. The molecule has 0 bridgehead atoms. The van der Waals surface area contributed by atoms with Crippen LogP contribution in [-0.4, -0.2) is 18.9 Å². The second kappa shape index (κ2) is 8.17. The molecule has 1 N–H and O–H groups in total. The third-order valence-corrected chi connectivity index (χ3v) is 5.52. The van der Waals surface area contributed by atoms with Gasteiger partial charge in [0.05, 0.1) is 12.2 Å². The van der Waals surface area contributed by atoms with Crippen LogP contribution in [0.25, 0.3) is 23.3 Å². The fourth-order valence-corrected chi connectivity index (χ4v) is 3.91. The summed E-state index contributed by atoms with van der Waals surface area (Å²) in [4.78, 5) is 26.5. The number of hydrogen-bond donors (Lipinski definition) is 1. The lowest BCUT2D eigenvalue weighted by molar-refractivity contribution is -0.116. The molecule has 1 heterocycles. The van der Waals surface area contributed by atoms with Gasteiger partial charge < -0.3 is 10.2 Å². The van der Waals surface area contributed by atoms with Gasteiger partial charge in [0.1, 0.15) is 0 Å². The van der Waals surface area contributed by atoms with Crippen molar-refractivity contribution in [2.45, 2.75) is 13.5 Å². The molecule has 4 rings (SSSR count). The number of hydrogen-bond acceptors (Lipinski definition) is 2. The minimum atomic E-state index is -0.133. The molecule has 0 unspecified atom stereocenters. The van der Waals surface area contributed by atoms with Crippen molar-refractivity contribution in [3.63, 3.8) is 0 Å². The summed E-state index contributed by atoms with van der Waals surface area (Å²) in [6.07, 6.45) is 4.05. The van der Waals surface area contributed by atoms with Crippen molar-refractivity contribution in [3.8, 4) is 11.1 Å². The van der Waals surface area contributed by atoms with Gasteiger partial charge in [-0.25, -0.2) is 0 Å². The monoisotopic (exact) mass is 416 g/mol. The van der Waals surface area contributed by atoms with Crippen LogP contribution >= 0.6 is 11.6 Å². The SMILES string of the molecule is CNC(=O)c1ccccc1-c1ccc2c(c1)CN(C(C)=O)c1cc(Cl)ccc1C=C2. The van der Waals surface area contributed by atoms with Crippen molar-refractivity contribution in [1.29, 1.82) is 0 Å². The Labute approximate surface area is 180 Å². The normalized spacial score (nSPS) is 12.4. The van der Waals surface area contributed by atoms with Gasteiger partial charge in [-0.1, -0.05) is 60.2 Å². The van der Waals surface area contributed by atoms with Crippen molar-refractivity contribution >= 4 is 41.3 Å². The van der Waals surface area contributed by atoms with E-state index in [9.17, 15) is 9.59 Å². The second-order valence-electron chi connectivity index (χ2n) is 7.18. The van der Waals surface area contributed by atoms with Crippen LogP contribution in [0.3, 0.4) is 0 Å². The van der Waals surface area contributed by atoms with Gasteiger partial charge in [-0.3, -0.25) is 9.59 Å². The highest BCUT2D eigenvalue weighted by Crippen LogP contribution is 2.33. The minimum absolute atomic E-state index is 0.0593. The van der Waals surface area contributed by atoms with E-state index in [1.54, 1.807) is 18.9 Å². The lowest BCUT2D eigenvalue weighted by Gasteiger charge is -2.26. The summed E-state index contributed by atoms with van der Waals surface area (Å²) in [5.74, 6) is -0.192. The lowest BCUT2D eigenvalue weighted by Crippen LogP contribution is -2.29. The highest BCUT2D eigenvalue weighted by Gasteiger charge is 2.20. The third kappa shape index (κ3) is 3.74. The van der Waals surface area contributed by atoms with Crippen LogP contribution < -0.4 is 10.2 Å². The Morgan fingerprint density at radius 2 is 1.70 bits per heavy atom. The van der Waals surface area contributed by atoms with Crippen molar-refractivity contribution < 1.29 is 9.59 Å². The summed E-state index contributed by atoms with van der Waals surface area (Å²) in [6.45, 7) is 1.97. The van der Waals surface area contributed by atoms with Crippen LogP contribution in [0.4, 0.5) is 5.69 Å². The van der Waals surface area contributed by atoms with E-state index in [0.29, 0.717) is 17.1 Å². The van der Waals surface area contributed by atoms with E-state index in [2.05, 4.69) is 5.32 Å². The van der Waals surface area contributed by atoms with E-state index < -0.39 is 0 Å². The Hall–Kier alpha value is -3.37. The molecule has 2 amide bonds. The highest BCUT2D eigenvalue weighted by molar-refractivity contribution is 6.31. The van der Waals surface area contributed by atoms with E-state index in [1.807, 2.05) is 72.8 Å². The van der Waals surface area contributed by atoms with Gasteiger partial charge in [-0.05, 0) is 52.1 Å². The van der Waals surface area contributed by atoms with Crippen LogP contribution in [0.5, 0.6) is 0 Å². The van der Waals surface area contributed by atoms with Crippen molar-refractivity contribution in [1.82, 2.24) is 5.32 Å². The number of amides is 2. The molecule has 4 nitrogen and oxygen atoms in total. The van der Waals surface area contributed by atoms with Gasteiger partial charge >= 0.3 is 0 Å². The number of nitrogens with zero attached hydrogens (tertiary/aromatic N) is 1. The summed E-state index contributed by atoms with van der Waals surface area (Å²) in [5.41, 5.74) is 6.14. The summed E-state index contributed by atoms with van der Waals surface area (Å²) >= 11 is 6.21. The lowest BCUT2D eigenvalue weighted by atomic mass is 9.93. The third-order valence-electron chi connectivity index (χ3n) is 5.29. The zero-order valence-electron chi connectivity index (χ0n) is 16.8. The molecule has 150 valence electrons. The minimum Gasteiger partial charge on any atom is -0.355 e. The van der Waals surface area contributed by atoms with Gasteiger partial charge in [0, 0.05) is 24.6 Å². The number of carbonyl (C=O) groups is 2. The first-order chi connectivity index (χ1) is 14.5. The van der Waals surface area contributed by atoms with Gasteiger partial charge in [-0.15, -0.1) is 0 Å². The summed E-state index contributed by atoms with van der Waals surface area (Å²) in [7, 11) is 1.62. The molecular weight excluding hydrogens is 396 g/mol. The Balaban J connectivity index is 1.84. The standard InChI is InChI=1S/C25H21ClN2O2/c1-16(29)28-15-20-13-19(22-5-3-4-6-23(22)25(30)27-2)10-8-17(20)7-9-18-11-12-21(26)14-24(18)28/h3-14H,15H2,1-2H3,(H,27,30). The molecule has 0 aliphatic carbocycles. The number of benzene rings is 3. The Bertz CT molecular complexity index is 1180. The Kier molecular flexibility index (Phi) is 5.42. The molecule has 0 radical (unpaired) electrons. The molecular formula is C25H21ClN2O2. The maximum atomic E-state index is 12.5. The van der Waals surface area contributed by atoms with E-state index in [1.165, 1.54) is 0 Å². The van der Waals surface area contributed by atoms with Gasteiger partial charge in [0.15, 0.2) is 0 Å². The largest absolute Gasteiger partial charge is 0.355 e. The molecule has 3 aromatic carbocycles. The summed E-state index contributed by atoms with van der Waals surface area (Å²) in [5, 5.41) is 3.28. The average Bonchev–Trinajstić information content (AvgIpc) is 2.74. The van der Waals surface area contributed by atoms with Crippen LogP contribution in [-0.2, 0) is 11.3 Å². The maximum Gasteiger partial charge on any atom is 0.251 e. The molecule has 5 heteroatoms. The molecule has 0 atom stereocenters. The zero-order valence-corrected chi connectivity index (χ0v) is 17.5. The van der Waals surface area contributed by atoms with Crippen LogP contribution in [0.15, 0.2) is 60.7 Å².